The van der Waals surface area contributed by atoms with E-state index < -0.39 is 0 Å². The smallest absolute Gasteiger partial charge is 0.267 e. The normalized spacial score (nSPS) is 11.2. The third-order valence-electron chi connectivity index (χ3n) is 3.36. The lowest BCUT2D eigenvalue weighted by atomic mass is 10.0. The van der Waals surface area contributed by atoms with Gasteiger partial charge in [0.15, 0.2) is 0 Å². The SMILES string of the molecule is CCCCC/C(=N\NC(=O)c1ccncc1)c1ccccc1. The molecule has 0 aliphatic rings. The highest BCUT2D eigenvalue weighted by molar-refractivity contribution is 6.02. The van der Waals surface area contributed by atoms with E-state index in [0.29, 0.717) is 5.56 Å². The summed E-state index contributed by atoms with van der Waals surface area (Å²) in [6.07, 6.45) is 7.43. The number of hydrazone groups is 1. The molecule has 0 saturated heterocycles. The van der Waals surface area contributed by atoms with E-state index in [-0.39, 0.29) is 5.91 Å². The molecule has 1 amide bonds. The van der Waals surface area contributed by atoms with Crippen LogP contribution in [0.25, 0.3) is 0 Å². The molecule has 0 fully saturated rings. The summed E-state index contributed by atoms with van der Waals surface area (Å²) in [4.78, 5) is 16.0. The molecule has 0 aliphatic heterocycles. The standard InChI is InChI=1S/C18H21N3O/c1-2-3-5-10-17(15-8-6-4-7-9-15)20-21-18(22)16-11-13-19-14-12-16/h4,6-9,11-14H,2-3,5,10H2,1H3,(H,21,22)/b20-17+. The van der Waals surface area contributed by atoms with E-state index in [9.17, 15) is 4.79 Å². The molecule has 0 aliphatic carbocycles. The lowest BCUT2D eigenvalue weighted by Crippen LogP contribution is -2.20. The number of nitrogens with one attached hydrogen (secondary N) is 1. The minimum absolute atomic E-state index is 0.216. The maximum Gasteiger partial charge on any atom is 0.271 e. The lowest BCUT2D eigenvalue weighted by Gasteiger charge is -2.07. The third-order valence-corrected chi connectivity index (χ3v) is 3.36. The lowest BCUT2D eigenvalue weighted by molar-refractivity contribution is 0.0954. The second-order valence-electron chi connectivity index (χ2n) is 5.06. The predicted octanol–water partition coefficient (Wildman–Crippen LogP) is 3.80. The molecule has 1 aromatic heterocycles. The van der Waals surface area contributed by atoms with Gasteiger partial charge in [0.05, 0.1) is 5.71 Å². The van der Waals surface area contributed by atoms with Gasteiger partial charge in [0, 0.05) is 18.0 Å². The van der Waals surface area contributed by atoms with Gasteiger partial charge in [-0.1, -0.05) is 50.1 Å². The van der Waals surface area contributed by atoms with E-state index in [2.05, 4.69) is 22.4 Å². The van der Waals surface area contributed by atoms with Crippen molar-refractivity contribution >= 4 is 11.6 Å². The molecule has 0 atom stereocenters. The first kappa shape index (κ1) is 15.9. The number of aromatic nitrogens is 1. The number of benzene rings is 1. The molecule has 2 rings (SSSR count). The number of nitrogens with zero attached hydrogens (tertiary/aromatic N) is 2. The van der Waals surface area contributed by atoms with Crippen LogP contribution in [0.15, 0.2) is 60.0 Å². The van der Waals surface area contributed by atoms with Gasteiger partial charge in [0.25, 0.3) is 5.91 Å². The number of hydrogen-bond acceptors (Lipinski definition) is 3. The quantitative estimate of drug-likeness (QED) is 0.480. The number of unbranched alkanes of at least 4 members (excludes halogenated alkanes) is 2. The first-order chi connectivity index (χ1) is 10.8. The highest BCUT2D eigenvalue weighted by Crippen LogP contribution is 2.09. The Morgan fingerprint density at radius 2 is 1.77 bits per heavy atom. The number of rotatable bonds is 7. The van der Waals surface area contributed by atoms with Gasteiger partial charge >= 0.3 is 0 Å². The fraction of sp³-hybridized carbons (Fsp3) is 0.278. The monoisotopic (exact) mass is 295 g/mol. The molecule has 0 radical (unpaired) electrons. The Bertz CT molecular complexity index is 609. The van der Waals surface area contributed by atoms with Gasteiger partial charge in [-0.15, -0.1) is 0 Å². The van der Waals surface area contributed by atoms with Crippen molar-refractivity contribution < 1.29 is 4.79 Å². The first-order valence-corrected chi connectivity index (χ1v) is 7.63. The van der Waals surface area contributed by atoms with E-state index in [1.807, 2.05) is 30.3 Å². The van der Waals surface area contributed by atoms with Crippen molar-refractivity contribution in [3.63, 3.8) is 0 Å². The predicted molar refractivity (Wildman–Crippen MR) is 88.8 cm³/mol. The van der Waals surface area contributed by atoms with Crippen molar-refractivity contribution in [2.75, 3.05) is 0 Å². The van der Waals surface area contributed by atoms with E-state index in [4.69, 9.17) is 0 Å². The van der Waals surface area contributed by atoms with Crippen molar-refractivity contribution in [3.8, 4) is 0 Å². The average molecular weight is 295 g/mol. The Kier molecular flexibility index (Phi) is 6.30. The van der Waals surface area contributed by atoms with Crippen molar-refractivity contribution in [2.45, 2.75) is 32.6 Å². The Labute approximate surface area is 131 Å². The molecule has 1 N–H and O–H groups in total. The van der Waals surface area contributed by atoms with Gasteiger partial charge in [-0.05, 0) is 30.5 Å². The Morgan fingerprint density at radius 1 is 1.05 bits per heavy atom. The molecule has 22 heavy (non-hydrogen) atoms. The summed E-state index contributed by atoms with van der Waals surface area (Å²) < 4.78 is 0. The van der Waals surface area contributed by atoms with Crippen molar-refractivity contribution in [1.29, 1.82) is 0 Å². The van der Waals surface area contributed by atoms with Gasteiger partial charge in [-0.2, -0.15) is 5.10 Å². The molecular formula is C18H21N3O. The highest BCUT2D eigenvalue weighted by atomic mass is 16.2. The van der Waals surface area contributed by atoms with Crippen LogP contribution >= 0.6 is 0 Å². The summed E-state index contributed by atoms with van der Waals surface area (Å²) in [5, 5.41) is 4.34. The summed E-state index contributed by atoms with van der Waals surface area (Å²) in [6, 6.07) is 13.3. The minimum Gasteiger partial charge on any atom is -0.267 e. The van der Waals surface area contributed by atoms with E-state index in [0.717, 1.165) is 37.0 Å². The van der Waals surface area contributed by atoms with Crippen LogP contribution in [-0.2, 0) is 0 Å². The molecule has 114 valence electrons. The Morgan fingerprint density at radius 3 is 2.45 bits per heavy atom. The second-order valence-corrected chi connectivity index (χ2v) is 5.06. The average Bonchev–Trinajstić information content (AvgIpc) is 2.59. The zero-order valence-electron chi connectivity index (χ0n) is 12.8. The van der Waals surface area contributed by atoms with Gasteiger partial charge in [-0.25, -0.2) is 5.43 Å². The minimum atomic E-state index is -0.216. The van der Waals surface area contributed by atoms with Crippen LogP contribution in [0, 0.1) is 0 Å². The van der Waals surface area contributed by atoms with Gasteiger partial charge in [0.2, 0.25) is 0 Å². The van der Waals surface area contributed by atoms with Crippen LogP contribution < -0.4 is 5.43 Å². The van der Waals surface area contributed by atoms with Gasteiger partial charge in [-0.3, -0.25) is 9.78 Å². The number of carbonyl (C=O) groups excluding carboxylic acids is 1. The Balaban J connectivity index is 2.09. The fourth-order valence-electron chi connectivity index (χ4n) is 2.12. The van der Waals surface area contributed by atoms with E-state index in [1.54, 1.807) is 24.5 Å². The van der Waals surface area contributed by atoms with Crippen LogP contribution in [0.4, 0.5) is 0 Å². The summed E-state index contributed by atoms with van der Waals surface area (Å²) in [5.41, 5.74) is 5.16. The topological polar surface area (TPSA) is 54.4 Å². The van der Waals surface area contributed by atoms with E-state index in [1.165, 1.54) is 0 Å². The summed E-state index contributed by atoms with van der Waals surface area (Å²) in [7, 11) is 0. The maximum absolute atomic E-state index is 12.1. The van der Waals surface area contributed by atoms with Crippen molar-refractivity contribution in [2.24, 2.45) is 5.10 Å². The fourth-order valence-corrected chi connectivity index (χ4v) is 2.12. The van der Waals surface area contributed by atoms with E-state index >= 15 is 0 Å². The molecule has 4 nitrogen and oxygen atoms in total. The van der Waals surface area contributed by atoms with Crippen molar-refractivity contribution in [1.82, 2.24) is 10.4 Å². The molecule has 4 heteroatoms. The second kappa shape index (κ2) is 8.72. The maximum atomic E-state index is 12.1. The third kappa shape index (κ3) is 4.81. The summed E-state index contributed by atoms with van der Waals surface area (Å²) in [5.74, 6) is -0.216. The van der Waals surface area contributed by atoms with Crippen LogP contribution in [0.2, 0.25) is 0 Å². The van der Waals surface area contributed by atoms with Gasteiger partial charge < -0.3 is 0 Å². The molecule has 2 aromatic rings. The van der Waals surface area contributed by atoms with Crippen LogP contribution in [0.3, 0.4) is 0 Å². The van der Waals surface area contributed by atoms with Crippen molar-refractivity contribution in [3.05, 3.63) is 66.0 Å². The first-order valence-electron chi connectivity index (χ1n) is 7.63. The van der Waals surface area contributed by atoms with Gasteiger partial charge in [0.1, 0.15) is 0 Å². The number of carbonyl (C=O) groups is 1. The largest absolute Gasteiger partial charge is 0.271 e. The van der Waals surface area contributed by atoms with Crippen LogP contribution in [-0.4, -0.2) is 16.6 Å². The molecule has 1 aromatic carbocycles. The molecule has 1 heterocycles. The summed E-state index contributed by atoms with van der Waals surface area (Å²) in [6.45, 7) is 2.17. The Hall–Kier alpha value is -2.49. The highest BCUT2D eigenvalue weighted by Gasteiger charge is 2.06. The number of hydrogen-bond donors (Lipinski definition) is 1. The zero-order valence-corrected chi connectivity index (χ0v) is 12.8. The van der Waals surface area contributed by atoms with Crippen LogP contribution in [0.5, 0.6) is 0 Å². The zero-order chi connectivity index (χ0) is 15.6. The molecule has 0 unspecified atom stereocenters. The summed E-state index contributed by atoms with van der Waals surface area (Å²) >= 11 is 0. The molecular weight excluding hydrogens is 274 g/mol. The molecule has 0 saturated carbocycles. The molecule has 0 bridgehead atoms. The van der Waals surface area contributed by atoms with Crippen LogP contribution in [0.1, 0.15) is 48.5 Å². The number of amides is 1. The number of pyridine rings is 1. The molecule has 0 spiro atoms.